The van der Waals surface area contributed by atoms with Gasteiger partial charge in [0.25, 0.3) is 5.91 Å². The lowest BCUT2D eigenvalue weighted by atomic mass is 10.1. The second kappa shape index (κ2) is 10.7. The molecule has 0 saturated heterocycles. The highest BCUT2D eigenvalue weighted by atomic mass is 32.2. The molecule has 0 spiro atoms. The minimum Gasteiger partial charge on any atom is -0.497 e. The van der Waals surface area contributed by atoms with Gasteiger partial charge in [-0.15, -0.1) is 11.8 Å². The number of methoxy groups -OCH3 is 2. The summed E-state index contributed by atoms with van der Waals surface area (Å²) in [7, 11) is 3.12. The number of nitrogens with one attached hydrogen (secondary N) is 2. The first-order chi connectivity index (χ1) is 15.4. The molecule has 2 amide bonds. The number of carbonyl (C=O) groups excluding carboxylic acids is 2. The number of aryl methyl sites for hydroxylation is 1. The Morgan fingerprint density at radius 3 is 2.28 bits per heavy atom. The van der Waals surface area contributed by atoms with Crippen LogP contribution in [0, 0.1) is 6.92 Å². The first-order valence-electron chi connectivity index (χ1n) is 10.1. The number of amides is 2. The van der Waals surface area contributed by atoms with Crippen molar-refractivity contribution >= 4 is 35.0 Å². The molecule has 166 valence electrons. The van der Waals surface area contributed by atoms with Gasteiger partial charge < -0.3 is 20.1 Å². The van der Waals surface area contributed by atoms with Crippen molar-refractivity contribution in [2.75, 3.05) is 24.9 Å². The maximum absolute atomic E-state index is 12.7. The molecule has 1 atom stereocenters. The van der Waals surface area contributed by atoms with Crippen molar-refractivity contribution in [1.29, 1.82) is 0 Å². The Labute approximate surface area is 192 Å². The quantitative estimate of drug-likeness (QED) is 0.451. The first-order valence-corrected chi connectivity index (χ1v) is 11.0. The average molecular weight is 451 g/mol. The molecule has 0 fully saturated rings. The third kappa shape index (κ3) is 5.82. The molecule has 0 saturated carbocycles. The number of carbonyl (C=O) groups is 2. The lowest BCUT2D eigenvalue weighted by Crippen LogP contribution is -2.22. The van der Waals surface area contributed by atoms with Crippen molar-refractivity contribution in [2.45, 2.75) is 24.0 Å². The van der Waals surface area contributed by atoms with Gasteiger partial charge in [0.1, 0.15) is 11.5 Å². The van der Waals surface area contributed by atoms with Crippen LogP contribution in [0.1, 0.15) is 22.8 Å². The van der Waals surface area contributed by atoms with Gasteiger partial charge in [0.2, 0.25) is 5.91 Å². The summed E-state index contributed by atoms with van der Waals surface area (Å²) in [5.74, 6) is 0.886. The minimum absolute atomic E-state index is 0.150. The van der Waals surface area contributed by atoms with Crippen molar-refractivity contribution in [3.63, 3.8) is 0 Å². The Morgan fingerprint density at radius 2 is 1.62 bits per heavy atom. The van der Waals surface area contributed by atoms with E-state index in [9.17, 15) is 9.59 Å². The van der Waals surface area contributed by atoms with Crippen LogP contribution in [0.3, 0.4) is 0 Å². The van der Waals surface area contributed by atoms with E-state index < -0.39 is 0 Å². The molecule has 6 nitrogen and oxygen atoms in total. The van der Waals surface area contributed by atoms with E-state index in [0.29, 0.717) is 28.4 Å². The van der Waals surface area contributed by atoms with E-state index in [1.54, 1.807) is 38.5 Å². The van der Waals surface area contributed by atoms with Crippen molar-refractivity contribution in [2.24, 2.45) is 0 Å². The SMILES string of the molecule is COc1ccc(OC)c(NC(=O)C(C)Sc2ccc(NC(=O)c3ccccc3C)cc2)c1. The molecule has 0 heterocycles. The standard InChI is InChI=1S/C25H26N2O4S/c1-16-7-5-6-8-21(16)25(29)26-18-9-12-20(13-10-18)32-17(2)24(28)27-22-15-19(30-3)11-14-23(22)31-4/h5-15,17H,1-4H3,(H,26,29)(H,27,28). The largest absolute Gasteiger partial charge is 0.497 e. The Hall–Kier alpha value is -3.45. The summed E-state index contributed by atoms with van der Waals surface area (Å²) >= 11 is 1.42. The van der Waals surface area contributed by atoms with Gasteiger partial charge in [-0.1, -0.05) is 18.2 Å². The number of ether oxygens (including phenoxy) is 2. The molecule has 7 heteroatoms. The Bertz CT molecular complexity index is 1100. The van der Waals surface area contributed by atoms with E-state index in [0.717, 1.165) is 10.5 Å². The van der Waals surface area contributed by atoms with Crippen molar-refractivity contribution in [1.82, 2.24) is 0 Å². The highest BCUT2D eigenvalue weighted by Gasteiger charge is 2.17. The number of benzene rings is 3. The lowest BCUT2D eigenvalue weighted by molar-refractivity contribution is -0.115. The lowest BCUT2D eigenvalue weighted by Gasteiger charge is -2.15. The molecule has 3 rings (SSSR count). The summed E-state index contributed by atoms with van der Waals surface area (Å²) in [6, 6.07) is 20.1. The Kier molecular flexibility index (Phi) is 7.78. The average Bonchev–Trinajstić information content (AvgIpc) is 2.80. The molecular formula is C25H26N2O4S. The number of anilines is 2. The fourth-order valence-electron chi connectivity index (χ4n) is 3.05. The van der Waals surface area contributed by atoms with E-state index in [1.165, 1.54) is 11.8 Å². The summed E-state index contributed by atoms with van der Waals surface area (Å²) < 4.78 is 10.5. The van der Waals surface area contributed by atoms with Crippen LogP contribution in [-0.4, -0.2) is 31.3 Å². The normalized spacial score (nSPS) is 11.4. The van der Waals surface area contributed by atoms with Crippen LogP contribution >= 0.6 is 11.8 Å². The van der Waals surface area contributed by atoms with Gasteiger partial charge in [-0.05, 0) is 61.9 Å². The van der Waals surface area contributed by atoms with Crippen LogP contribution < -0.4 is 20.1 Å². The van der Waals surface area contributed by atoms with Crippen LogP contribution in [0.15, 0.2) is 71.6 Å². The van der Waals surface area contributed by atoms with Gasteiger partial charge in [-0.25, -0.2) is 0 Å². The Morgan fingerprint density at radius 1 is 0.906 bits per heavy atom. The molecule has 0 bridgehead atoms. The monoisotopic (exact) mass is 450 g/mol. The fourth-order valence-corrected chi connectivity index (χ4v) is 3.91. The third-order valence-electron chi connectivity index (χ3n) is 4.85. The third-order valence-corrected chi connectivity index (χ3v) is 5.96. The Balaban J connectivity index is 1.61. The molecule has 0 aliphatic carbocycles. The predicted molar refractivity (Wildman–Crippen MR) is 129 cm³/mol. The summed E-state index contributed by atoms with van der Waals surface area (Å²) in [6.07, 6.45) is 0. The van der Waals surface area contributed by atoms with Crippen molar-refractivity contribution in [3.05, 3.63) is 77.9 Å². The molecule has 0 aliphatic rings. The number of hydrogen-bond donors (Lipinski definition) is 2. The highest BCUT2D eigenvalue weighted by Crippen LogP contribution is 2.31. The second-order valence-corrected chi connectivity index (χ2v) is 8.52. The van der Waals surface area contributed by atoms with Crippen molar-refractivity contribution < 1.29 is 19.1 Å². The zero-order valence-corrected chi connectivity index (χ0v) is 19.3. The fraction of sp³-hybridized carbons (Fsp3) is 0.200. The molecule has 3 aromatic carbocycles. The zero-order chi connectivity index (χ0) is 23.1. The molecule has 3 aromatic rings. The first kappa shape index (κ1) is 23.2. The summed E-state index contributed by atoms with van der Waals surface area (Å²) in [4.78, 5) is 26.1. The van der Waals surface area contributed by atoms with E-state index >= 15 is 0 Å². The molecular weight excluding hydrogens is 424 g/mol. The topological polar surface area (TPSA) is 76.7 Å². The van der Waals surface area contributed by atoms with E-state index in [2.05, 4.69) is 10.6 Å². The van der Waals surface area contributed by atoms with Gasteiger partial charge in [0.15, 0.2) is 0 Å². The van der Waals surface area contributed by atoms with Crippen LogP contribution in [0.25, 0.3) is 0 Å². The second-order valence-electron chi connectivity index (χ2n) is 7.11. The van der Waals surface area contributed by atoms with Crippen LogP contribution in [-0.2, 0) is 4.79 Å². The van der Waals surface area contributed by atoms with E-state index in [4.69, 9.17) is 9.47 Å². The predicted octanol–water partition coefficient (Wildman–Crippen LogP) is 5.38. The van der Waals surface area contributed by atoms with Crippen molar-refractivity contribution in [3.8, 4) is 11.5 Å². The molecule has 0 radical (unpaired) electrons. The van der Waals surface area contributed by atoms with Gasteiger partial charge in [-0.3, -0.25) is 9.59 Å². The molecule has 1 unspecified atom stereocenters. The molecule has 32 heavy (non-hydrogen) atoms. The number of rotatable bonds is 8. The number of hydrogen-bond acceptors (Lipinski definition) is 5. The maximum Gasteiger partial charge on any atom is 0.255 e. The number of thioether (sulfide) groups is 1. The molecule has 0 aliphatic heterocycles. The molecule has 0 aromatic heterocycles. The maximum atomic E-state index is 12.7. The molecule has 2 N–H and O–H groups in total. The van der Waals surface area contributed by atoms with E-state index in [-0.39, 0.29) is 17.1 Å². The van der Waals surface area contributed by atoms with Gasteiger partial charge in [0.05, 0.1) is 25.2 Å². The van der Waals surface area contributed by atoms with Crippen LogP contribution in [0.2, 0.25) is 0 Å². The van der Waals surface area contributed by atoms with Gasteiger partial charge in [-0.2, -0.15) is 0 Å². The summed E-state index contributed by atoms with van der Waals surface area (Å²) in [6.45, 7) is 3.74. The van der Waals surface area contributed by atoms with Gasteiger partial charge >= 0.3 is 0 Å². The van der Waals surface area contributed by atoms with Gasteiger partial charge in [0, 0.05) is 22.2 Å². The smallest absolute Gasteiger partial charge is 0.255 e. The van der Waals surface area contributed by atoms with Crippen LogP contribution in [0.4, 0.5) is 11.4 Å². The summed E-state index contributed by atoms with van der Waals surface area (Å²) in [5.41, 5.74) is 2.81. The summed E-state index contributed by atoms with van der Waals surface area (Å²) in [5, 5.41) is 5.45. The van der Waals surface area contributed by atoms with Crippen LogP contribution in [0.5, 0.6) is 11.5 Å². The highest BCUT2D eigenvalue weighted by molar-refractivity contribution is 8.00. The zero-order valence-electron chi connectivity index (χ0n) is 18.5. The van der Waals surface area contributed by atoms with E-state index in [1.807, 2.05) is 56.3 Å². The minimum atomic E-state index is -0.349.